The van der Waals surface area contributed by atoms with Crippen LogP contribution in [0.15, 0.2) is 24.3 Å². The first-order valence-electron chi connectivity index (χ1n) is 8.70. The maximum Gasteiger partial charge on any atom is 0.230 e. The molecular formula is C18H25ClN4O. The summed E-state index contributed by atoms with van der Waals surface area (Å²) in [5.74, 6) is 1.02. The second-order valence-electron chi connectivity index (χ2n) is 6.93. The van der Waals surface area contributed by atoms with Gasteiger partial charge in [0.15, 0.2) is 0 Å². The van der Waals surface area contributed by atoms with Gasteiger partial charge in [-0.15, -0.1) is 12.4 Å². The first kappa shape index (κ1) is 17.2. The number of carbonyl (C=O) groups excluding carboxylic acids is 1. The number of hydrogen-bond acceptors (Lipinski definition) is 3. The third kappa shape index (κ3) is 2.91. The minimum atomic E-state index is 0. The van der Waals surface area contributed by atoms with Crippen molar-refractivity contribution in [3.8, 4) is 0 Å². The summed E-state index contributed by atoms with van der Waals surface area (Å²) >= 11 is 0. The second-order valence-corrected chi connectivity index (χ2v) is 6.93. The Kier molecular flexibility index (Phi) is 4.83. The Labute approximate surface area is 148 Å². The van der Waals surface area contributed by atoms with Gasteiger partial charge >= 0.3 is 0 Å². The lowest BCUT2D eigenvalue weighted by atomic mass is 9.92. The largest absolute Gasteiger partial charge is 0.317 e. The number of nitrogens with one attached hydrogen (secondary N) is 2. The molecule has 2 fully saturated rings. The molecule has 1 aliphatic heterocycles. The number of amides is 1. The molecule has 130 valence electrons. The molecule has 2 aliphatic rings. The Morgan fingerprint density at radius 3 is 2.88 bits per heavy atom. The number of rotatable bonds is 4. The van der Waals surface area contributed by atoms with Gasteiger partial charge in [-0.25, -0.2) is 4.98 Å². The summed E-state index contributed by atoms with van der Waals surface area (Å²) in [5.41, 5.74) is 2.30. The smallest absolute Gasteiger partial charge is 0.230 e. The molecule has 1 aromatic carbocycles. The molecule has 2 N–H and O–H groups in total. The lowest BCUT2D eigenvalue weighted by Crippen LogP contribution is -2.32. The summed E-state index contributed by atoms with van der Waals surface area (Å²) in [6, 6.07) is 8.08. The fourth-order valence-electron chi connectivity index (χ4n) is 4.01. The van der Waals surface area contributed by atoms with E-state index in [2.05, 4.69) is 33.2 Å². The summed E-state index contributed by atoms with van der Waals surface area (Å²) in [6.45, 7) is 5.09. The summed E-state index contributed by atoms with van der Waals surface area (Å²) in [6.07, 6.45) is 4.30. The van der Waals surface area contributed by atoms with Crippen molar-refractivity contribution in [2.45, 2.75) is 39.2 Å². The maximum absolute atomic E-state index is 12.7. The molecule has 5 nitrogen and oxygen atoms in total. The van der Waals surface area contributed by atoms with E-state index < -0.39 is 0 Å². The Morgan fingerprint density at radius 2 is 2.12 bits per heavy atom. The fourth-order valence-corrected chi connectivity index (χ4v) is 4.01. The summed E-state index contributed by atoms with van der Waals surface area (Å²) < 4.78 is 2.13. The molecule has 1 amide bonds. The number of fused-ring (bicyclic) bond motifs is 1. The van der Waals surface area contributed by atoms with E-state index in [-0.39, 0.29) is 29.6 Å². The fraction of sp³-hybridized carbons (Fsp3) is 0.556. The Balaban J connectivity index is 0.00000169. The highest BCUT2D eigenvalue weighted by Gasteiger charge is 2.57. The number of piperidine rings is 1. The average molecular weight is 349 g/mol. The first-order valence-corrected chi connectivity index (χ1v) is 8.70. The second kappa shape index (κ2) is 6.73. The first-order chi connectivity index (χ1) is 11.2. The van der Waals surface area contributed by atoms with Gasteiger partial charge in [0, 0.05) is 12.5 Å². The molecule has 6 heteroatoms. The molecule has 4 rings (SSSR count). The Bertz CT molecular complexity index is 736. The van der Waals surface area contributed by atoms with Crippen LogP contribution in [0.4, 0.5) is 5.95 Å². The number of aromatic nitrogens is 2. The van der Waals surface area contributed by atoms with Gasteiger partial charge in [-0.2, -0.15) is 0 Å². The lowest BCUT2D eigenvalue weighted by molar-refractivity contribution is -0.118. The van der Waals surface area contributed by atoms with Gasteiger partial charge in [0.25, 0.3) is 0 Å². The predicted octanol–water partition coefficient (Wildman–Crippen LogP) is 3.20. The Hall–Kier alpha value is -1.59. The number of aryl methyl sites for hydroxylation is 1. The quantitative estimate of drug-likeness (QED) is 0.892. The molecular weight excluding hydrogens is 324 g/mol. The van der Waals surface area contributed by atoms with Crippen LogP contribution in [0.2, 0.25) is 0 Å². The highest BCUT2D eigenvalue weighted by molar-refractivity contribution is 5.95. The molecule has 0 bridgehead atoms. The van der Waals surface area contributed by atoms with Crippen LogP contribution in [-0.2, 0) is 11.3 Å². The van der Waals surface area contributed by atoms with Gasteiger partial charge in [-0.1, -0.05) is 19.1 Å². The van der Waals surface area contributed by atoms with Crippen molar-refractivity contribution < 1.29 is 4.79 Å². The molecule has 24 heavy (non-hydrogen) atoms. The number of imidazole rings is 1. The third-order valence-electron chi connectivity index (χ3n) is 5.44. The molecule has 1 saturated heterocycles. The van der Waals surface area contributed by atoms with E-state index in [9.17, 15) is 4.79 Å². The summed E-state index contributed by atoms with van der Waals surface area (Å²) in [5, 5.41) is 6.50. The summed E-state index contributed by atoms with van der Waals surface area (Å²) in [4.78, 5) is 17.3. The van der Waals surface area contributed by atoms with Crippen LogP contribution in [0.3, 0.4) is 0 Å². The maximum atomic E-state index is 12.7. The van der Waals surface area contributed by atoms with Crippen molar-refractivity contribution in [3.05, 3.63) is 24.3 Å². The molecule has 1 saturated carbocycles. The van der Waals surface area contributed by atoms with Crippen LogP contribution in [-0.4, -0.2) is 28.5 Å². The topological polar surface area (TPSA) is 59.0 Å². The van der Waals surface area contributed by atoms with Crippen LogP contribution in [0.1, 0.15) is 32.6 Å². The molecule has 2 heterocycles. The summed E-state index contributed by atoms with van der Waals surface area (Å²) in [7, 11) is 0. The van der Waals surface area contributed by atoms with Crippen LogP contribution < -0.4 is 10.6 Å². The van der Waals surface area contributed by atoms with Gasteiger partial charge in [-0.3, -0.25) is 10.1 Å². The van der Waals surface area contributed by atoms with E-state index in [4.69, 9.17) is 0 Å². The van der Waals surface area contributed by atoms with Crippen molar-refractivity contribution in [2.75, 3.05) is 18.4 Å². The standard InChI is InChI=1S/C18H24N4O.ClH/c1-2-11-22-15-6-4-3-5-14(15)20-17(22)21-16(23)13-12-18(13)7-9-19-10-8-18;/h3-6,13,19H,2,7-12H2,1H3,(H,20,21,23);1H. The number of benzene rings is 1. The minimum absolute atomic E-state index is 0. The molecule has 0 radical (unpaired) electrons. The zero-order valence-corrected chi connectivity index (χ0v) is 14.9. The van der Waals surface area contributed by atoms with E-state index in [0.717, 1.165) is 56.4 Å². The number of para-hydroxylation sites is 2. The molecule has 1 aromatic heterocycles. The number of anilines is 1. The van der Waals surface area contributed by atoms with Gasteiger partial charge in [0.05, 0.1) is 11.0 Å². The normalized spacial score (nSPS) is 21.5. The van der Waals surface area contributed by atoms with E-state index in [0.29, 0.717) is 5.95 Å². The zero-order chi connectivity index (χ0) is 15.9. The monoisotopic (exact) mass is 348 g/mol. The molecule has 2 aromatic rings. The van der Waals surface area contributed by atoms with Gasteiger partial charge in [0.1, 0.15) is 0 Å². The highest BCUT2D eigenvalue weighted by atomic mass is 35.5. The zero-order valence-electron chi connectivity index (χ0n) is 14.0. The van der Waals surface area contributed by atoms with Gasteiger partial charge in [0.2, 0.25) is 11.9 Å². The number of carbonyl (C=O) groups is 1. The molecule has 1 atom stereocenters. The van der Waals surface area contributed by atoms with Gasteiger partial charge in [-0.05, 0) is 56.3 Å². The molecule has 1 unspecified atom stereocenters. The van der Waals surface area contributed by atoms with Gasteiger partial charge < -0.3 is 9.88 Å². The average Bonchev–Trinajstić information content (AvgIpc) is 3.15. The van der Waals surface area contributed by atoms with Crippen molar-refractivity contribution in [3.63, 3.8) is 0 Å². The molecule has 1 aliphatic carbocycles. The third-order valence-corrected chi connectivity index (χ3v) is 5.44. The SMILES string of the molecule is CCCn1c(NC(=O)C2CC23CCNCC3)nc2ccccc21.Cl. The van der Waals surface area contributed by atoms with Crippen LogP contribution in [0.25, 0.3) is 11.0 Å². The van der Waals surface area contributed by atoms with Crippen molar-refractivity contribution >= 4 is 35.3 Å². The number of hydrogen-bond donors (Lipinski definition) is 2. The van der Waals surface area contributed by atoms with Crippen LogP contribution in [0.5, 0.6) is 0 Å². The highest BCUT2D eigenvalue weighted by Crippen LogP contribution is 2.58. The van der Waals surface area contributed by atoms with E-state index in [1.165, 1.54) is 0 Å². The number of halogens is 1. The minimum Gasteiger partial charge on any atom is -0.317 e. The lowest BCUT2D eigenvalue weighted by Gasteiger charge is -2.23. The van der Waals surface area contributed by atoms with E-state index in [1.807, 2.05) is 18.2 Å². The van der Waals surface area contributed by atoms with Crippen molar-refractivity contribution in [1.82, 2.24) is 14.9 Å². The number of nitrogens with zero attached hydrogens (tertiary/aromatic N) is 2. The van der Waals surface area contributed by atoms with Crippen molar-refractivity contribution in [1.29, 1.82) is 0 Å². The van der Waals surface area contributed by atoms with Crippen molar-refractivity contribution in [2.24, 2.45) is 11.3 Å². The van der Waals surface area contributed by atoms with E-state index in [1.54, 1.807) is 0 Å². The predicted molar refractivity (Wildman–Crippen MR) is 98.5 cm³/mol. The van der Waals surface area contributed by atoms with Crippen LogP contribution >= 0.6 is 12.4 Å². The molecule has 1 spiro atoms. The van der Waals surface area contributed by atoms with E-state index >= 15 is 0 Å². The van der Waals surface area contributed by atoms with Crippen LogP contribution in [0, 0.1) is 11.3 Å². The Morgan fingerprint density at radius 1 is 1.38 bits per heavy atom.